The molecule has 21 heavy (non-hydrogen) atoms. The van der Waals surface area contributed by atoms with E-state index in [2.05, 4.69) is 4.98 Å². The molecule has 7 nitrogen and oxygen atoms in total. The molecule has 0 amide bonds. The van der Waals surface area contributed by atoms with Crippen molar-refractivity contribution in [3.8, 4) is 11.8 Å². The predicted molar refractivity (Wildman–Crippen MR) is 77.7 cm³/mol. The first-order valence-corrected chi connectivity index (χ1v) is 6.36. The summed E-state index contributed by atoms with van der Waals surface area (Å²) in [5.41, 5.74) is -0.213. The van der Waals surface area contributed by atoms with Crippen molar-refractivity contribution in [1.29, 1.82) is 0 Å². The molecule has 0 aliphatic heterocycles. The van der Waals surface area contributed by atoms with Crippen molar-refractivity contribution in [3.05, 3.63) is 51.2 Å². The van der Waals surface area contributed by atoms with E-state index in [1.54, 1.807) is 30.8 Å². The highest BCUT2D eigenvalue weighted by Crippen LogP contribution is 2.22. The first-order valence-electron chi connectivity index (χ1n) is 6.36. The molecule has 0 fully saturated rings. The van der Waals surface area contributed by atoms with Crippen molar-refractivity contribution in [2.75, 3.05) is 0 Å². The van der Waals surface area contributed by atoms with Crippen molar-refractivity contribution in [2.24, 2.45) is 21.1 Å². The summed E-state index contributed by atoms with van der Waals surface area (Å²) in [4.78, 5) is 28.3. The number of hydrogen-bond acceptors (Lipinski definition) is 4. The van der Waals surface area contributed by atoms with Gasteiger partial charge in [-0.05, 0) is 12.1 Å². The summed E-state index contributed by atoms with van der Waals surface area (Å²) in [6, 6.07) is 9.39. The van der Waals surface area contributed by atoms with Crippen LogP contribution in [0.25, 0.3) is 11.2 Å². The lowest BCUT2D eigenvalue weighted by atomic mass is 10.3. The fraction of sp³-hybridized carbons (Fsp3) is 0.214. The first kappa shape index (κ1) is 13.2. The normalized spacial score (nSPS) is 11.0. The van der Waals surface area contributed by atoms with Crippen LogP contribution in [-0.4, -0.2) is 18.7 Å². The number of fused-ring (bicyclic) bond motifs is 1. The van der Waals surface area contributed by atoms with Crippen LogP contribution in [0.2, 0.25) is 0 Å². The van der Waals surface area contributed by atoms with Gasteiger partial charge in [-0.1, -0.05) is 18.2 Å². The van der Waals surface area contributed by atoms with Gasteiger partial charge in [0.2, 0.25) is 0 Å². The lowest BCUT2D eigenvalue weighted by Crippen LogP contribution is -2.37. The summed E-state index contributed by atoms with van der Waals surface area (Å²) in [5.74, 6) is 0.609. The van der Waals surface area contributed by atoms with Crippen LogP contribution in [0.15, 0.2) is 39.9 Å². The minimum Gasteiger partial charge on any atom is -0.425 e. The Hall–Kier alpha value is -2.83. The standard InChI is InChI=1S/C14H14N4O3/c1-16-11-10(12(19)18(3)14(20)17(11)2)15-13(16)21-9-7-5-4-6-8-9/h4-8H,1-3H3. The summed E-state index contributed by atoms with van der Waals surface area (Å²) in [7, 11) is 4.72. The summed E-state index contributed by atoms with van der Waals surface area (Å²) in [5, 5.41) is 0. The second-order valence-corrected chi connectivity index (χ2v) is 4.75. The summed E-state index contributed by atoms with van der Waals surface area (Å²) < 4.78 is 9.67. The second-order valence-electron chi connectivity index (χ2n) is 4.75. The van der Waals surface area contributed by atoms with Crippen LogP contribution in [0.4, 0.5) is 0 Å². The zero-order chi connectivity index (χ0) is 15.1. The number of rotatable bonds is 2. The Bertz CT molecular complexity index is 935. The third kappa shape index (κ3) is 1.94. The molecular formula is C14H14N4O3. The molecule has 7 heteroatoms. The van der Waals surface area contributed by atoms with Crippen molar-refractivity contribution < 1.29 is 4.74 Å². The van der Waals surface area contributed by atoms with Crippen molar-refractivity contribution in [1.82, 2.24) is 18.7 Å². The topological polar surface area (TPSA) is 71.1 Å². The van der Waals surface area contributed by atoms with E-state index in [9.17, 15) is 9.59 Å². The van der Waals surface area contributed by atoms with E-state index < -0.39 is 11.2 Å². The monoisotopic (exact) mass is 286 g/mol. The molecule has 1 aromatic carbocycles. The highest BCUT2D eigenvalue weighted by Gasteiger charge is 2.17. The number of ether oxygens (including phenoxy) is 1. The van der Waals surface area contributed by atoms with Gasteiger partial charge in [0.25, 0.3) is 5.56 Å². The Balaban J connectivity index is 2.26. The minimum absolute atomic E-state index is 0.202. The van der Waals surface area contributed by atoms with E-state index in [0.29, 0.717) is 11.4 Å². The van der Waals surface area contributed by atoms with Gasteiger partial charge < -0.3 is 4.74 Å². The molecule has 0 spiro atoms. The van der Waals surface area contributed by atoms with Crippen molar-refractivity contribution in [2.45, 2.75) is 0 Å². The fourth-order valence-corrected chi connectivity index (χ4v) is 2.24. The Morgan fingerprint density at radius 2 is 1.62 bits per heavy atom. The maximum atomic E-state index is 12.1. The third-order valence-corrected chi connectivity index (χ3v) is 3.38. The number of imidazole rings is 1. The maximum Gasteiger partial charge on any atom is 0.332 e. The van der Waals surface area contributed by atoms with Crippen LogP contribution < -0.4 is 16.0 Å². The molecule has 108 valence electrons. The Morgan fingerprint density at radius 1 is 0.952 bits per heavy atom. The molecule has 0 saturated heterocycles. The van der Waals surface area contributed by atoms with E-state index in [1.807, 2.05) is 18.2 Å². The van der Waals surface area contributed by atoms with Crippen LogP contribution in [-0.2, 0) is 21.1 Å². The van der Waals surface area contributed by atoms with Gasteiger partial charge in [-0.2, -0.15) is 4.98 Å². The van der Waals surface area contributed by atoms with Crippen LogP contribution in [0.3, 0.4) is 0 Å². The van der Waals surface area contributed by atoms with Crippen LogP contribution in [0, 0.1) is 0 Å². The highest BCUT2D eigenvalue weighted by atomic mass is 16.5. The zero-order valence-electron chi connectivity index (χ0n) is 11.9. The van der Waals surface area contributed by atoms with Gasteiger partial charge in [-0.3, -0.25) is 18.5 Å². The van der Waals surface area contributed by atoms with Gasteiger partial charge in [0.1, 0.15) is 5.75 Å². The molecule has 3 aromatic rings. The second kappa shape index (κ2) is 4.62. The quantitative estimate of drug-likeness (QED) is 0.697. The molecule has 0 bridgehead atoms. The highest BCUT2D eigenvalue weighted by molar-refractivity contribution is 5.71. The Kier molecular flexibility index (Phi) is 2.90. The van der Waals surface area contributed by atoms with Crippen molar-refractivity contribution in [3.63, 3.8) is 0 Å². The maximum absolute atomic E-state index is 12.1. The van der Waals surface area contributed by atoms with Gasteiger partial charge in [-0.15, -0.1) is 0 Å². The number of nitrogens with zero attached hydrogens (tertiary/aromatic N) is 4. The number of benzene rings is 1. The van der Waals surface area contributed by atoms with Crippen LogP contribution in [0.1, 0.15) is 0 Å². The molecule has 0 atom stereocenters. The average Bonchev–Trinajstić information content (AvgIpc) is 2.81. The third-order valence-electron chi connectivity index (χ3n) is 3.38. The molecule has 0 aliphatic carbocycles. The molecular weight excluding hydrogens is 272 g/mol. The van der Waals surface area contributed by atoms with Gasteiger partial charge in [0, 0.05) is 21.1 Å². The smallest absolute Gasteiger partial charge is 0.332 e. The Labute approximate surface area is 119 Å². The van der Waals surface area contributed by atoms with Crippen LogP contribution >= 0.6 is 0 Å². The number of para-hydroxylation sites is 1. The van der Waals surface area contributed by atoms with Gasteiger partial charge in [-0.25, -0.2) is 4.79 Å². The predicted octanol–water partition coefficient (Wildman–Crippen LogP) is 0.763. The van der Waals surface area contributed by atoms with Crippen LogP contribution in [0.5, 0.6) is 11.8 Å². The molecule has 0 radical (unpaired) electrons. The summed E-state index contributed by atoms with van der Waals surface area (Å²) >= 11 is 0. The zero-order valence-corrected chi connectivity index (χ0v) is 11.9. The summed E-state index contributed by atoms with van der Waals surface area (Å²) in [6.45, 7) is 0. The SMILES string of the molecule is Cn1c(=O)c2nc(Oc3ccccc3)n(C)c2n(C)c1=O. The number of aryl methyl sites for hydroxylation is 2. The lowest BCUT2D eigenvalue weighted by molar-refractivity contribution is 0.426. The molecule has 2 aromatic heterocycles. The molecule has 0 unspecified atom stereocenters. The van der Waals surface area contributed by atoms with Crippen molar-refractivity contribution >= 4 is 11.2 Å². The largest absolute Gasteiger partial charge is 0.425 e. The summed E-state index contributed by atoms with van der Waals surface area (Å²) in [6.07, 6.45) is 0. The van der Waals surface area contributed by atoms with Gasteiger partial charge in [0.05, 0.1) is 0 Å². The molecule has 2 heterocycles. The van der Waals surface area contributed by atoms with E-state index in [4.69, 9.17) is 4.74 Å². The van der Waals surface area contributed by atoms with E-state index in [0.717, 1.165) is 4.57 Å². The van der Waals surface area contributed by atoms with E-state index >= 15 is 0 Å². The molecule has 0 N–H and O–H groups in total. The van der Waals surface area contributed by atoms with Gasteiger partial charge >= 0.3 is 11.7 Å². The average molecular weight is 286 g/mol. The van der Waals surface area contributed by atoms with Gasteiger partial charge in [0.15, 0.2) is 11.2 Å². The van der Waals surface area contributed by atoms with E-state index in [-0.39, 0.29) is 11.5 Å². The lowest BCUT2D eigenvalue weighted by Gasteiger charge is -2.06. The Morgan fingerprint density at radius 3 is 2.29 bits per heavy atom. The fourth-order valence-electron chi connectivity index (χ4n) is 2.24. The minimum atomic E-state index is -0.438. The number of hydrogen-bond donors (Lipinski definition) is 0. The molecule has 0 aliphatic rings. The number of aromatic nitrogens is 4. The molecule has 0 saturated carbocycles. The molecule has 3 rings (SSSR count). The van der Waals surface area contributed by atoms with E-state index in [1.165, 1.54) is 11.6 Å². The first-order chi connectivity index (χ1) is 10.0.